The van der Waals surface area contributed by atoms with Crippen molar-refractivity contribution in [3.63, 3.8) is 0 Å². The van der Waals surface area contributed by atoms with E-state index in [9.17, 15) is 4.79 Å². The van der Waals surface area contributed by atoms with Crippen molar-refractivity contribution in [3.05, 3.63) is 18.1 Å². The van der Waals surface area contributed by atoms with Gasteiger partial charge in [0.05, 0.1) is 24.1 Å². The first-order chi connectivity index (χ1) is 8.78. The highest BCUT2D eigenvalue weighted by Gasteiger charge is 2.53. The van der Waals surface area contributed by atoms with E-state index in [2.05, 4.69) is 0 Å². The summed E-state index contributed by atoms with van der Waals surface area (Å²) < 4.78 is 21.9. The predicted octanol–water partition coefficient (Wildman–Crippen LogP) is 1.76. The van der Waals surface area contributed by atoms with Gasteiger partial charge in [-0.05, 0) is 40.7 Å². The molecular weight excluding hydrogens is 247 g/mol. The van der Waals surface area contributed by atoms with E-state index in [0.29, 0.717) is 12.1 Å². The van der Waals surface area contributed by atoms with Crippen LogP contribution in [0.1, 0.15) is 45.2 Å². The van der Waals surface area contributed by atoms with Crippen molar-refractivity contribution < 1.29 is 23.3 Å². The fourth-order valence-corrected chi connectivity index (χ4v) is 1.84. The number of furan rings is 1. The molecule has 0 N–H and O–H groups in total. The zero-order valence-corrected chi connectivity index (χ0v) is 12.0. The number of rotatable bonds is 3. The second-order valence-electron chi connectivity index (χ2n) is 5.51. The summed E-state index contributed by atoms with van der Waals surface area (Å²) in [6.07, 6.45) is 1.44. The molecule has 0 unspecified atom stereocenters. The lowest BCUT2D eigenvalue weighted by Gasteiger charge is -2.32. The Morgan fingerprint density at radius 1 is 1.26 bits per heavy atom. The van der Waals surface area contributed by atoms with E-state index in [-0.39, 0.29) is 5.76 Å². The number of esters is 1. The molecule has 0 spiro atoms. The van der Waals surface area contributed by atoms with Crippen molar-refractivity contribution in [1.29, 1.82) is 0 Å². The third kappa shape index (κ3) is 2.42. The molecule has 0 aliphatic carbocycles. The standard InChI is InChI=1S/C13H19BO5/c1-6-16-11(15)10-9(7-8-17-10)14-18-12(2,3)13(4,5)19-14/h7-8H,6H2,1-5H3. The molecule has 1 saturated heterocycles. The molecule has 2 rings (SSSR count). The molecule has 1 aromatic heterocycles. The van der Waals surface area contributed by atoms with Crippen LogP contribution in [0.15, 0.2) is 16.7 Å². The van der Waals surface area contributed by atoms with Crippen LogP contribution < -0.4 is 5.46 Å². The van der Waals surface area contributed by atoms with Gasteiger partial charge in [-0.25, -0.2) is 4.79 Å². The summed E-state index contributed by atoms with van der Waals surface area (Å²) in [6.45, 7) is 9.86. The fourth-order valence-electron chi connectivity index (χ4n) is 1.84. The highest BCUT2D eigenvalue weighted by Crippen LogP contribution is 2.36. The summed E-state index contributed by atoms with van der Waals surface area (Å²) in [4.78, 5) is 11.8. The first-order valence-corrected chi connectivity index (χ1v) is 6.38. The second-order valence-corrected chi connectivity index (χ2v) is 5.51. The van der Waals surface area contributed by atoms with Crippen LogP contribution in [0.3, 0.4) is 0 Å². The first-order valence-electron chi connectivity index (χ1n) is 6.38. The van der Waals surface area contributed by atoms with E-state index in [1.165, 1.54) is 6.26 Å². The van der Waals surface area contributed by atoms with E-state index in [1.807, 2.05) is 27.7 Å². The van der Waals surface area contributed by atoms with Crippen molar-refractivity contribution in [3.8, 4) is 0 Å². The SMILES string of the molecule is CCOC(=O)c1occc1B1OC(C)(C)C(C)(C)O1. The molecule has 0 saturated carbocycles. The minimum absolute atomic E-state index is 0.139. The molecule has 1 aliphatic heterocycles. The van der Waals surface area contributed by atoms with Crippen LogP contribution in [0.25, 0.3) is 0 Å². The van der Waals surface area contributed by atoms with Gasteiger partial charge in [-0.3, -0.25) is 0 Å². The van der Waals surface area contributed by atoms with Crippen LogP contribution in [0.2, 0.25) is 0 Å². The zero-order valence-electron chi connectivity index (χ0n) is 12.0. The Morgan fingerprint density at radius 3 is 2.37 bits per heavy atom. The molecule has 104 valence electrons. The lowest BCUT2D eigenvalue weighted by atomic mass is 9.79. The van der Waals surface area contributed by atoms with Crippen molar-refractivity contribution in [2.24, 2.45) is 0 Å². The molecule has 0 atom stereocenters. The van der Waals surface area contributed by atoms with Gasteiger partial charge in [0.2, 0.25) is 5.76 Å². The molecule has 1 aliphatic rings. The van der Waals surface area contributed by atoms with Crippen molar-refractivity contribution >= 4 is 18.6 Å². The lowest BCUT2D eigenvalue weighted by Crippen LogP contribution is -2.41. The minimum Gasteiger partial charge on any atom is -0.460 e. The number of hydrogen-bond donors (Lipinski definition) is 0. The van der Waals surface area contributed by atoms with Gasteiger partial charge in [-0.15, -0.1) is 0 Å². The molecule has 0 bridgehead atoms. The molecule has 6 heteroatoms. The molecule has 0 radical (unpaired) electrons. The third-order valence-electron chi connectivity index (χ3n) is 3.66. The summed E-state index contributed by atoms with van der Waals surface area (Å²) in [7, 11) is -0.622. The van der Waals surface area contributed by atoms with Crippen LogP contribution >= 0.6 is 0 Å². The van der Waals surface area contributed by atoms with E-state index in [0.717, 1.165) is 0 Å². The van der Waals surface area contributed by atoms with Crippen LogP contribution in [-0.4, -0.2) is 30.9 Å². The van der Waals surface area contributed by atoms with Crippen LogP contribution in [0.5, 0.6) is 0 Å². The quantitative estimate of drug-likeness (QED) is 0.616. The van der Waals surface area contributed by atoms with Gasteiger partial charge in [0.15, 0.2) is 0 Å². The summed E-state index contributed by atoms with van der Waals surface area (Å²) in [6, 6.07) is 1.67. The molecule has 1 fully saturated rings. The highest BCUT2D eigenvalue weighted by molar-refractivity contribution is 6.63. The molecule has 0 aromatic carbocycles. The Labute approximate surface area is 113 Å². The largest absolute Gasteiger partial charge is 0.499 e. The summed E-state index contributed by atoms with van der Waals surface area (Å²) in [5.74, 6) is -0.363. The fraction of sp³-hybridized carbons (Fsp3) is 0.615. The number of carbonyl (C=O) groups is 1. The molecule has 19 heavy (non-hydrogen) atoms. The maximum absolute atomic E-state index is 11.8. The zero-order chi connectivity index (χ0) is 14.3. The van der Waals surface area contributed by atoms with Gasteiger partial charge in [-0.1, -0.05) is 0 Å². The highest BCUT2D eigenvalue weighted by atomic mass is 16.7. The van der Waals surface area contributed by atoms with E-state index < -0.39 is 24.3 Å². The molecular formula is C13H19BO5. The third-order valence-corrected chi connectivity index (χ3v) is 3.66. The van der Waals surface area contributed by atoms with Crippen LogP contribution in [0.4, 0.5) is 0 Å². The topological polar surface area (TPSA) is 57.9 Å². The van der Waals surface area contributed by atoms with Gasteiger partial charge < -0.3 is 18.5 Å². The van der Waals surface area contributed by atoms with Crippen molar-refractivity contribution in [2.75, 3.05) is 6.61 Å². The monoisotopic (exact) mass is 266 g/mol. The summed E-state index contributed by atoms with van der Waals surface area (Å²) >= 11 is 0. The Balaban J connectivity index is 2.26. The first kappa shape index (κ1) is 14.2. The Morgan fingerprint density at radius 2 is 1.84 bits per heavy atom. The van der Waals surface area contributed by atoms with E-state index >= 15 is 0 Å². The summed E-state index contributed by atoms with van der Waals surface area (Å²) in [5.41, 5.74) is -0.348. The van der Waals surface area contributed by atoms with Gasteiger partial charge in [0.25, 0.3) is 0 Å². The average molecular weight is 266 g/mol. The van der Waals surface area contributed by atoms with Crippen molar-refractivity contribution in [1.82, 2.24) is 0 Å². The van der Waals surface area contributed by atoms with Crippen LogP contribution in [0, 0.1) is 0 Å². The van der Waals surface area contributed by atoms with Gasteiger partial charge in [0, 0.05) is 5.46 Å². The van der Waals surface area contributed by atoms with Gasteiger partial charge in [-0.2, -0.15) is 0 Å². The molecule has 5 nitrogen and oxygen atoms in total. The maximum Gasteiger partial charge on any atom is 0.499 e. The van der Waals surface area contributed by atoms with Gasteiger partial charge >= 0.3 is 13.1 Å². The lowest BCUT2D eigenvalue weighted by molar-refractivity contribution is 0.00578. The van der Waals surface area contributed by atoms with Crippen LogP contribution in [-0.2, 0) is 14.0 Å². The van der Waals surface area contributed by atoms with Gasteiger partial charge in [0.1, 0.15) is 0 Å². The number of ether oxygens (including phenoxy) is 1. The molecule has 0 amide bonds. The Bertz CT molecular complexity index is 461. The Hall–Kier alpha value is -1.27. The number of hydrogen-bond acceptors (Lipinski definition) is 5. The second kappa shape index (κ2) is 4.69. The van der Waals surface area contributed by atoms with E-state index in [4.69, 9.17) is 18.5 Å². The molecule has 2 heterocycles. The maximum atomic E-state index is 11.8. The van der Waals surface area contributed by atoms with Crippen molar-refractivity contribution in [2.45, 2.75) is 45.8 Å². The van der Waals surface area contributed by atoms with E-state index in [1.54, 1.807) is 13.0 Å². The molecule has 1 aromatic rings. The Kier molecular flexibility index (Phi) is 3.49. The summed E-state index contributed by atoms with van der Waals surface area (Å²) in [5, 5.41) is 0. The predicted molar refractivity (Wildman–Crippen MR) is 70.4 cm³/mol. The smallest absolute Gasteiger partial charge is 0.460 e. The number of carbonyl (C=O) groups excluding carboxylic acids is 1. The normalized spacial score (nSPS) is 20.6. The average Bonchev–Trinajstić information content (AvgIpc) is 2.82. The minimum atomic E-state index is -0.622.